The maximum Gasteiger partial charge on any atom is 0.142 e. The van der Waals surface area contributed by atoms with E-state index in [1.54, 1.807) is 0 Å². The molecule has 0 aliphatic carbocycles. The van der Waals surface area contributed by atoms with Crippen LogP contribution in [-0.2, 0) is 0 Å². The van der Waals surface area contributed by atoms with Gasteiger partial charge in [0.05, 0.1) is 0 Å². The predicted molar refractivity (Wildman–Crippen MR) is 134 cm³/mol. The Morgan fingerprint density at radius 1 is 0.710 bits per heavy atom. The molecule has 166 valence electrons. The van der Waals surface area contributed by atoms with Crippen molar-refractivity contribution in [2.45, 2.75) is 66.5 Å². The zero-order valence-electron chi connectivity index (χ0n) is 20.1. The SMILES string of the molecule is CC[N-]C(=NC(C)(C)C)c1cccc2c1oc1c(C(=NC(C)(C)C)[N-]CC)cccc12. The molecule has 5 nitrogen and oxygen atoms in total. The van der Waals surface area contributed by atoms with E-state index in [2.05, 4.69) is 64.3 Å². The Hall–Kier alpha value is -2.82. The summed E-state index contributed by atoms with van der Waals surface area (Å²) >= 11 is 0. The van der Waals surface area contributed by atoms with Gasteiger partial charge in [0.2, 0.25) is 0 Å². The molecule has 0 aliphatic heterocycles. The van der Waals surface area contributed by atoms with E-state index in [0.29, 0.717) is 13.1 Å². The van der Waals surface area contributed by atoms with Crippen LogP contribution in [0.15, 0.2) is 50.8 Å². The minimum absolute atomic E-state index is 0.236. The molecule has 31 heavy (non-hydrogen) atoms. The molecular formula is C26H34N4O-2. The molecule has 3 aromatic rings. The van der Waals surface area contributed by atoms with Crippen LogP contribution in [0, 0.1) is 0 Å². The summed E-state index contributed by atoms with van der Waals surface area (Å²) in [5.74, 6) is 1.45. The molecule has 0 spiro atoms. The van der Waals surface area contributed by atoms with Crippen LogP contribution < -0.4 is 0 Å². The molecule has 0 unspecified atom stereocenters. The number of hydrogen-bond acceptors (Lipinski definition) is 3. The Morgan fingerprint density at radius 2 is 1.10 bits per heavy atom. The van der Waals surface area contributed by atoms with Gasteiger partial charge in [0.1, 0.15) is 11.2 Å². The van der Waals surface area contributed by atoms with Gasteiger partial charge in [-0.25, -0.2) is 0 Å². The molecular weight excluding hydrogens is 384 g/mol. The van der Waals surface area contributed by atoms with Crippen molar-refractivity contribution in [3.8, 4) is 0 Å². The average molecular weight is 419 g/mol. The van der Waals surface area contributed by atoms with Gasteiger partial charge in [-0.15, -0.1) is 0 Å². The van der Waals surface area contributed by atoms with Crippen molar-refractivity contribution in [2.75, 3.05) is 13.1 Å². The second-order valence-electron chi connectivity index (χ2n) is 9.63. The first kappa shape index (κ1) is 22.9. The number of aliphatic imine (C=N–C) groups is 2. The zero-order valence-corrected chi connectivity index (χ0v) is 20.1. The second-order valence-corrected chi connectivity index (χ2v) is 9.63. The smallest absolute Gasteiger partial charge is 0.142 e. The molecule has 0 bridgehead atoms. The zero-order chi connectivity index (χ0) is 22.8. The van der Waals surface area contributed by atoms with E-state index < -0.39 is 0 Å². The lowest BCUT2D eigenvalue weighted by Crippen LogP contribution is -2.15. The molecule has 0 amide bonds. The largest absolute Gasteiger partial charge is 0.465 e. The maximum absolute atomic E-state index is 6.52. The number of furan rings is 1. The normalized spacial score (nSPS) is 13.8. The van der Waals surface area contributed by atoms with Crippen molar-refractivity contribution in [3.63, 3.8) is 0 Å². The highest BCUT2D eigenvalue weighted by Crippen LogP contribution is 2.35. The number of rotatable bonds is 4. The number of amidine groups is 2. The Balaban J connectivity index is 2.31. The molecule has 0 atom stereocenters. The summed E-state index contributed by atoms with van der Waals surface area (Å²) in [4.78, 5) is 9.74. The van der Waals surface area contributed by atoms with E-state index in [-0.39, 0.29) is 11.1 Å². The molecule has 0 N–H and O–H groups in total. The minimum Gasteiger partial charge on any atom is -0.465 e. The van der Waals surface area contributed by atoms with Crippen molar-refractivity contribution in [2.24, 2.45) is 9.98 Å². The van der Waals surface area contributed by atoms with Gasteiger partial charge < -0.3 is 25.0 Å². The van der Waals surface area contributed by atoms with Crippen LogP contribution >= 0.6 is 0 Å². The lowest BCUT2D eigenvalue weighted by molar-refractivity contribution is 0.584. The highest BCUT2D eigenvalue weighted by Gasteiger charge is 2.15. The highest BCUT2D eigenvalue weighted by molar-refractivity contribution is 6.22. The summed E-state index contributed by atoms with van der Waals surface area (Å²) in [5.41, 5.74) is 2.96. The van der Waals surface area contributed by atoms with Crippen molar-refractivity contribution >= 4 is 33.6 Å². The van der Waals surface area contributed by atoms with Crippen molar-refractivity contribution in [1.29, 1.82) is 0 Å². The van der Waals surface area contributed by atoms with Gasteiger partial charge in [0.15, 0.2) is 0 Å². The maximum atomic E-state index is 6.52. The molecule has 3 rings (SSSR count). The lowest BCUT2D eigenvalue weighted by Gasteiger charge is -2.27. The van der Waals surface area contributed by atoms with E-state index >= 15 is 0 Å². The third-order valence-electron chi connectivity index (χ3n) is 4.50. The topological polar surface area (TPSA) is 66.1 Å². The van der Waals surface area contributed by atoms with Gasteiger partial charge in [-0.3, -0.25) is 0 Å². The number of fused-ring (bicyclic) bond motifs is 3. The Bertz CT molecular complexity index is 1040. The highest BCUT2D eigenvalue weighted by atomic mass is 16.3. The van der Waals surface area contributed by atoms with Crippen molar-refractivity contribution < 1.29 is 4.42 Å². The molecule has 0 saturated carbocycles. The van der Waals surface area contributed by atoms with E-state index in [1.165, 1.54) is 0 Å². The van der Waals surface area contributed by atoms with Crippen LogP contribution in [0.25, 0.3) is 32.6 Å². The van der Waals surface area contributed by atoms with Gasteiger partial charge >= 0.3 is 0 Å². The fraction of sp³-hybridized carbons (Fsp3) is 0.462. The first-order valence-electron chi connectivity index (χ1n) is 11.0. The Kier molecular flexibility index (Phi) is 6.44. The minimum atomic E-state index is -0.236. The molecule has 0 saturated heterocycles. The monoisotopic (exact) mass is 418 g/mol. The van der Waals surface area contributed by atoms with Crippen LogP contribution in [-0.4, -0.2) is 35.8 Å². The van der Waals surface area contributed by atoms with Gasteiger partial charge in [0, 0.05) is 21.9 Å². The summed E-state index contributed by atoms with van der Waals surface area (Å²) < 4.78 is 6.52. The number of benzene rings is 2. The van der Waals surface area contributed by atoms with E-state index in [1.807, 2.05) is 38.1 Å². The second kappa shape index (κ2) is 8.74. The summed E-state index contributed by atoms with van der Waals surface area (Å²) in [6.07, 6.45) is 0. The van der Waals surface area contributed by atoms with Crippen LogP contribution in [0.3, 0.4) is 0 Å². The van der Waals surface area contributed by atoms with E-state index in [4.69, 9.17) is 14.4 Å². The molecule has 5 heteroatoms. The Labute approximate surface area is 186 Å². The number of nitrogens with zero attached hydrogens (tertiary/aromatic N) is 4. The number of para-hydroxylation sites is 2. The standard InChI is InChI=1S/C26H34N4O/c1-9-27-23(29-25(3,4)5)19-15-11-13-17-18-14-12-16-20(22(18)31-21(17)19)24(28-10-2)30-26(6,7)8/h11-16H,9-10H2,1-8H3/q-2. The third-order valence-corrected chi connectivity index (χ3v) is 4.50. The summed E-state index contributed by atoms with van der Waals surface area (Å²) in [7, 11) is 0. The lowest BCUT2D eigenvalue weighted by atomic mass is 10.0. The number of hydrogen-bond donors (Lipinski definition) is 0. The first-order chi connectivity index (χ1) is 14.5. The molecule has 1 heterocycles. The van der Waals surface area contributed by atoms with Gasteiger partial charge in [-0.1, -0.05) is 117 Å². The van der Waals surface area contributed by atoms with Gasteiger partial charge in [0.25, 0.3) is 0 Å². The molecule has 0 aliphatic rings. The summed E-state index contributed by atoms with van der Waals surface area (Å²) in [6.45, 7) is 17.9. The predicted octanol–water partition coefficient (Wildman–Crippen LogP) is 7.46. The van der Waals surface area contributed by atoms with Crippen LogP contribution in [0.5, 0.6) is 0 Å². The van der Waals surface area contributed by atoms with Crippen LogP contribution in [0.4, 0.5) is 0 Å². The molecule has 0 radical (unpaired) electrons. The third kappa shape index (κ3) is 5.27. The quantitative estimate of drug-likeness (QED) is 0.320. The van der Waals surface area contributed by atoms with Gasteiger partial charge in [-0.2, -0.15) is 0 Å². The van der Waals surface area contributed by atoms with Crippen molar-refractivity contribution in [3.05, 3.63) is 58.2 Å². The summed E-state index contributed by atoms with van der Waals surface area (Å²) in [5, 5.41) is 11.5. The fourth-order valence-electron chi connectivity index (χ4n) is 3.47. The fourth-order valence-corrected chi connectivity index (χ4v) is 3.47. The molecule has 2 aromatic carbocycles. The summed E-state index contributed by atoms with van der Waals surface area (Å²) in [6, 6.07) is 12.3. The van der Waals surface area contributed by atoms with Crippen LogP contribution in [0.2, 0.25) is 0 Å². The van der Waals surface area contributed by atoms with E-state index in [9.17, 15) is 0 Å². The molecule has 1 aromatic heterocycles. The van der Waals surface area contributed by atoms with Crippen LogP contribution in [0.1, 0.15) is 66.5 Å². The van der Waals surface area contributed by atoms with E-state index in [0.717, 1.165) is 44.7 Å². The average Bonchev–Trinajstić information content (AvgIpc) is 3.04. The Morgan fingerprint density at radius 3 is 1.42 bits per heavy atom. The van der Waals surface area contributed by atoms with Crippen molar-refractivity contribution in [1.82, 2.24) is 0 Å². The van der Waals surface area contributed by atoms with Gasteiger partial charge in [-0.05, 0) is 11.1 Å². The molecule has 0 fully saturated rings. The first-order valence-corrected chi connectivity index (χ1v) is 11.0.